The summed E-state index contributed by atoms with van der Waals surface area (Å²) in [5, 5.41) is 11.4. The van der Waals surface area contributed by atoms with Gasteiger partial charge in [0.25, 0.3) is 0 Å². The highest BCUT2D eigenvalue weighted by atomic mass is 79.9. The minimum Gasteiger partial charge on any atom is -0.486 e. The van der Waals surface area contributed by atoms with Crippen molar-refractivity contribution in [2.75, 3.05) is 13.2 Å². The number of amides is 1. The molecule has 6 nitrogen and oxygen atoms in total. The van der Waals surface area contributed by atoms with Crippen LogP contribution in [0.3, 0.4) is 0 Å². The second kappa shape index (κ2) is 6.80. The number of carbonyl (C=O) groups excluding carboxylic acids is 1. The van der Waals surface area contributed by atoms with Crippen LogP contribution in [0.5, 0.6) is 11.5 Å². The van der Waals surface area contributed by atoms with Crippen LogP contribution in [0.25, 0.3) is 0 Å². The minimum atomic E-state index is -1.04. The third kappa shape index (κ3) is 3.87. The van der Waals surface area contributed by atoms with Crippen molar-refractivity contribution in [1.29, 1.82) is 0 Å². The van der Waals surface area contributed by atoms with Gasteiger partial charge in [0.2, 0.25) is 5.91 Å². The van der Waals surface area contributed by atoms with E-state index in [9.17, 15) is 9.59 Å². The first kappa shape index (κ1) is 15.6. The van der Waals surface area contributed by atoms with Gasteiger partial charge >= 0.3 is 5.97 Å². The molecule has 7 heteroatoms. The molecule has 0 spiro atoms. The Balaban J connectivity index is 2.08. The van der Waals surface area contributed by atoms with E-state index >= 15 is 0 Å². The summed E-state index contributed by atoms with van der Waals surface area (Å²) < 4.78 is 11.6. The summed E-state index contributed by atoms with van der Waals surface area (Å²) in [4.78, 5) is 22.9. The third-order valence-electron chi connectivity index (χ3n) is 3.10. The van der Waals surface area contributed by atoms with Crippen molar-refractivity contribution >= 4 is 27.8 Å². The number of rotatable bonds is 5. The Morgan fingerprint density at radius 1 is 1.33 bits per heavy atom. The van der Waals surface area contributed by atoms with Crippen LogP contribution in [0.15, 0.2) is 16.6 Å². The first-order chi connectivity index (χ1) is 10.0. The summed E-state index contributed by atoms with van der Waals surface area (Å²) in [5.41, 5.74) is 0.719. The van der Waals surface area contributed by atoms with E-state index in [2.05, 4.69) is 21.2 Å². The fourth-order valence-electron chi connectivity index (χ4n) is 2.00. The Morgan fingerprint density at radius 3 is 2.52 bits per heavy atom. The van der Waals surface area contributed by atoms with E-state index in [1.54, 1.807) is 19.1 Å². The molecule has 0 saturated carbocycles. The number of carboxylic acid groups (broad SMARTS) is 1. The number of carboxylic acids is 1. The van der Waals surface area contributed by atoms with Gasteiger partial charge < -0.3 is 19.9 Å². The molecule has 0 aliphatic carbocycles. The molecule has 0 fully saturated rings. The van der Waals surface area contributed by atoms with Crippen molar-refractivity contribution in [2.24, 2.45) is 0 Å². The zero-order valence-corrected chi connectivity index (χ0v) is 13.1. The number of aliphatic carboxylic acids is 1. The van der Waals surface area contributed by atoms with Crippen molar-refractivity contribution in [1.82, 2.24) is 5.32 Å². The van der Waals surface area contributed by atoms with Crippen LogP contribution in [-0.4, -0.2) is 36.2 Å². The second-order valence-electron chi connectivity index (χ2n) is 4.63. The Hall–Kier alpha value is -1.76. The van der Waals surface area contributed by atoms with Crippen molar-refractivity contribution < 1.29 is 24.2 Å². The van der Waals surface area contributed by atoms with E-state index in [-0.39, 0.29) is 12.3 Å². The quantitative estimate of drug-likeness (QED) is 0.838. The van der Waals surface area contributed by atoms with Gasteiger partial charge in [-0.2, -0.15) is 0 Å². The molecule has 1 aromatic rings. The van der Waals surface area contributed by atoms with Gasteiger partial charge in [0.15, 0.2) is 11.5 Å². The molecule has 1 aromatic carbocycles. The number of halogens is 1. The highest BCUT2D eigenvalue weighted by Crippen LogP contribution is 2.35. The number of fused-ring (bicyclic) bond motifs is 1. The molecule has 1 unspecified atom stereocenters. The molecule has 1 amide bonds. The topological polar surface area (TPSA) is 84.9 Å². The maximum atomic E-state index is 11.9. The summed E-state index contributed by atoms with van der Waals surface area (Å²) >= 11 is 3.38. The lowest BCUT2D eigenvalue weighted by Crippen LogP contribution is -2.41. The number of carbonyl (C=O) groups is 2. The average Bonchev–Trinajstić information content (AvgIpc) is 2.45. The second-order valence-corrected chi connectivity index (χ2v) is 5.48. The number of ether oxygens (including phenoxy) is 2. The lowest BCUT2D eigenvalue weighted by molar-refractivity contribution is -0.141. The van der Waals surface area contributed by atoms with Crippen LogP contribution < -0.4 is 14.8 Å². The fourth-order valence-corrected chi connectivity index (χ4v) is 2.46. The Kier molecular flexibility index (Phi) is 5.06. The zero-order chi connectivity index (χ0) is 15.4. The molecule has 21 heavy (non-hydrogen) atoms. The predicted molar refractivity (Wildman–Crippen MR) is 78.7 cm³/mol. The van der Waals surface area contributed by atoms with Gasteiger partial charge in [-0.05, 0) is 24.1 Å². The molecule has 1 atom stereocenters. The number of hydrogen-bond acceptors (Lipinski definition) is 4. The van der Waals surface area contributed by atoms with E-state index in [0.29, 0.717) is 31.1 Å². The van der Waals surface area contributed by atoms with Gasteiger partial charge in [0.1, 0.15) is 19.3 Å². The van der Waals surface area contributed by atoms with Gasteiger partial charge in [-0.3, -0.25) is 4.79 Å². The van der Waals surface area contributed by atoms with Crippen molar-refractivity contribution in [3.63, 3.8) is 0 Å². The summed E-state index contributed by atoms with van der Waals surface area (Å²) in [5.74, 6) is -0.152. The van der Waals surface area contributed by atoms with Crippen LogP contribution in [-0.2, 0) is 16.0 Å². The summed E-state index contributed by atoms with van der Waals surface area (Å²) in [6.45, 7) is 2.67. The Morgan fingerprint density at radius 2 is 1.95 bits per heavy atom. The standard InChI is InChI=1S/C14H16BrNO5/c1-2-10(14(18)19)16-13(17)6-8-5-11-12(7-9(8)15)21-4-3-20-11/h5,7,10H,2-4,6H2,1H3,(H,16,17)(H,18,19). The van der Waals surface area contributed by atoms with E-state index in [0.717, 1.165) is 10.0 Å². The molecule has 2 rings (SSSR count). The minimum absolute atomic E-state index is 0.0704. The maximum absolute atomic E-state index is 11.9. The van der Waals surface area contributed by atoms with Crippen molar-refractivity contribution in [3.05, 3.63) is 22.2 Å². The first-order valence-corrected chi connectivity index (χ1v) is 7.40. The lowest BCUT2D eigenvalue weighted by atomic mass is 10.1. The van der Waals surface area contributed by atoms with Crippen LogP contribution in [0.1, 0.15) is 18.9 Å². The SMILES string of the molecule is CCC(NC(=O)Cc1cc2c(cc1Br)OCCO2)C(=O)O. The van der Waals surface area contributed by atoms with Crippen molar-refractivity contribution in [2.45, 2.75) is 25.8 Å². The van der Waals surface area contributed by atoms with Crippen LogP contribution in [0.2, 0.25) is 0 Å². The molecule has 114 valence electrons. The van der Waals surface area contributed by atoms with Crippen LogP contribution >= 0.6 is 15.9 Å². The first-order valence-electron chi connectivity index (χ1n) is 6.61. The average molecular weight is 358 g/mol. The van der Waals surface area contributed by atoms with Gasteiger partial charge in [-0.25, -0.2) is 4.79 Å². The molecular formula is C14H16BrNO5. The molecule has 0 aromatic heterocycles. The van der Waals surface area contributed by atoms with E-state index in [4.69, 9.17) is 14.6 Å². The summed E-state index contributed by atoms with van der Waals surface area (Å²) in [7, 11) is 0. The van der Waals surface area contributed by atoms with Crippen molar-refractivity contribution in [3.8, 4) is 11.5 Å². The van der Waals surface area contributed by atoms with Crippen LogP contribution in [0, 0.1) is 0 Å². The molecule has 1 heterocycles. The molecule has 1 aliphatic rings. The van der Waals surface area contributed by atoms with Crippen LogP contribution in [0.4, 0.5) is 0 Å². The van der Waals surface area contributed by atoms with Gasteiger partial charge in [0, 0.05) is 4.47 Å². The zero-order valence-electron chi connectivity index (χ0n) is 11.5. The maximum Gasteiger partial charge on any atom is 0.326 e. The largest absolute Gasteiger partial charge is 0.486 e. The molecule has 0 bridgehead atoms. The molecule has 1 aliphatic heterocycles. The molecule has 2 N–H and O–H groups in total. The summed E-state index contributed by atoms with van der Waals surface area (Å²) in [6.07, 6.45) is 0.407. The molecule has 0 saturated heterocycles. The molecular weight excluding hydrogens is 342 g/mol. The van der Waals surface area contributed by atoms with E-state index in [1.807, 2.05) is 0 Å². The number of hydrogen-bond donors (Lipinski definition) is 2. The lowest BCUT2D eigenvalue weighted by Gasteiger charge is -2.20. The highest BCUT2D eigenvalue weighted by molar-refractivity contribution is 9.10. The smallest absolute Gasteiger partial charge is 0.326 e. The third-order valence-corrected chi connectivity index (χ3v) is 3.84. The Bertz CT molecular complexity index is 561. The van der Waals surface area contributed by atoms with Gasteiger partial charge in [-0.15, -0.1) is 0 Å². The Labute approximate surface area is 130 Å². The fraction of sp³-hybridized carbons (Fsp3) is 0.429. The van der Waals surface area contributed by atoms with Gasteiger partial charge in [0.05, 0.1) is 6.42 Å². The number of benzene rings is 1. The number of nitrogens with one attached hydrogen (secondary N) is 1. The summed E-state index contributed by atoms with van der Waals surface area (Å²) in [6, 6.07) is 2.62. The monoisotopic (exact) mass is 357 g/mol. The highest BCUT2D eigenvalue weighted by Gasteiger charge is 2.20. The predicted octanol–water partition coefficient (Wildman–Crippen LogP) is 1.74. The van der Waals surface area contributed by atoms with E-state index in [1.165, 1.54) is 0 Å². The van der Waals surface area contributed by atoms with Gasteiger partial charge in [-0.1, -0.05) is 22.9 Å². The van der Waals surface area contributed by atoms with E-state index < -0.39 is 12.0 Å². The normalized spacial score (nSPS) is 14.4. The molecule has 0 radical (unpaired) electrons.